The molecule has 94 valence electrons. The Morgan fingerprint density at radius 2 is 1.59 bits per heavy atom. The summed E-state index contributed by atoms with van der Waals surface area (Å²) in [6, 6.07) is 7.59. The maximum atomic E-state index is 12.0. The third-order valence-electron chi connectivity index (χ3n) is 2.47. The van der Waals surface area contributed by atoms with Gasteiger partial charge in [-0.15, -0.1) is 0 Å². The van der Waals surface area contributed by atoms with Crippen molar-refractivity contribution in [2.75, 3.05) is 0 Å². The zero-order valence-electron chi connectivity index (χ0n) is 11.2. The summed E-state index contributed by atoms with van der Waals surface area (Å²) in [5.74, 6) is -0.408. The number of ether oxygens (including phenoxy) is 1. The van der Waals surface area contributed by atoms with E-state index in [1.165, 1.54) is 0 Å². The Balaban J connectivity index is 2.94. The molecule has 0 aliphatic rings. The summed E-state index contributed by atoms with van der Waals surface area (Å²) in [5, 5.41) is 0. The number of carbonyl (C=O) groups excluding carboxylic acids is 1. The van der Waals surface area contributed by atoms with Gasteiger partial charge in [-0.2, -0.15) is 0 Å². The highest BCUT2D eigenvalue weighted by atomic mass is 16.6. The van der Waals surface area contributed by atoms with Gasteiger partial charge in [0.25, 0.3) is 0 Å². The van der Waals surface area contributed by atoms with Crippen LogP contribution in [0.3, 0.4) is 0 Å². The molecule has 0 amide bonds. The number of nitrogens with two attached hydrogens (primary N) is 1. The Labute approximate surface area is 103 Å². The third-order valence-corrected chi connectivity index (χ3v) is 2.47. The molecule has 1 atom stereocenters. The average molecular weight is 235 g/mol. The van der Waals surface area contributed by atoms with Crippen LogP contribution in [0.5, 0.6) is 0 Å². The van der Waals surface area contributed by atoms with Crippen LogP contribution in [0.1, 0.15) is 38.8 Å². The van der Waals surface area contributed by atoms with Gasteiger partial charge in [0.05, 0.1) is 0 Å². The highest BCUT2D eigenvalue weighted by Crippen LogP contribution is 2.22. The van der Waals surface area contributed by atoms with Gasteiger partial charge in [0.1, 0.15) is 11.1 Å². The molecule has 0 radical (unpaired) electrons. The second kappa shape index (κ2) is 4.49. The summed E-state index contributed by atoms with van der Waals surface area (Å²) in [6.07, 6.45) is 0. The molecule has 0 bridgehead atoms. The second-order valence-corrected chi connectivity index (χ2v) is 5.57. The van der Waals surface area contributed by atoms with E-state index in [1.54, 1.807) is 6.92 Å². The Hall–Kier alpha value is -1.35. The van der Waals surface area contributed by atoms with Crippen molar-refractivity contribution in [1.82, 2.24) is 0 Å². The van der Waals surface area contributed by atoms with Gasteiger partial charge in [-0.3, -0.25) is 0 Å². The van der Waals surface area contributed by atoms with Gasteiger partial charge in [0, 0.05) is 0 Å². The van der Waals surface area contributed by atoms with Gasteiger partial charge < -0.3 is 10.5 Å². The number of rotatable bonds is 2. The Morgan fingerprint density at radius 3 is 2.00 bits per heavy atom. The monoisotopic (exact) mass is 235 g/mol. The lowest BCUT2D eigenvalue weighted by Crippen LogP contribution is -2.45. The van der Waals surface area contributed by atoms with Gasteiger partial charge in [-0.1, -0.05) is 29.8 Å². The summed E-state index contributed by atoms with van der Waals surface area (Å²) >= 11 is 0. The molecule has 0 fully saturated rings. The molecule has 0 aliphatic carbocycles. The Bertz CT molecular complexity index is 399. The zero-order valence-corrected chi connectivity index (χ0v) is 11.2. The molecule has 0 saturated heterocycles. The van der Waals surface area contributed by atoms with Crippen molar-refractivity contribution < 1.29 is 9.53 Å². The van der Waals surface area contributed by atoms with Crippen molar-refractivity contribution in [2.45, 2.75) is 45.8 Å². The van der Waals surface area contributed by atoms with Gasteiger partial charge in [-0.25, -0.2) is 4.79 Å². The maximum absolute atomic E-state index is 12.0. The molecule has 3 nitrogen and oxygen atoms in total. The molecular formula is C14H21NO2. The molecule has 1 rings (SSSR count). The van der Waals surface area contributed by atoms with Crippen LogP contribution in [0.15, 0.2) is 24.3 Å². The Morgan fingerprint density at radius 1 is 1.12 bits per heavy atom. The van der Waals surface area contributed by atoms with Gasteiger partial charge in [-0.05, 0) is 40.2 Å². The molecule has 1 aromatic carbocycles. The molecule has 0 aromatic heterocycles. The molecule has 0 spiro atoms. The van der Waals surface area contributed by atoms with Crippen molar-refractivity contribution in [3.05, 3.63) is 35.4 Å². The number of carbonyl (C=O) groups is 1. The zero-order chi connectivity index (χ0) is 13.3. The van der Waals surface area contributed by atoms with Gasteiger partial charge >= 0.3 is 5.97 Å². The molecule has 2 N–H and O–H groups in total. The van der Waals surface area contributed by atoms with E-state index in [-0.39, 0.29) is 0 Å². The molecule has 0 saturated carbocycles. The standard InChI is InChI=1S/C14H21NO2/c1-10-6-8-11(9-7-10)14(5,15)12(16)17-13(2,3)4/h6-9H,15H2,1-5H3/t14-/m0/s1. The minimum Gasteiger partial charge on any atom is -0.458 e. The molecule has 0 heterocycles. The highest BCUT2D eigenvalue weighted by Gasteiger charge is 2.34. The van der Waals surface area contributed by atoms with Gasteiger partial charge in [0.15, 0.2) is 0 Å². The summed E-state index contributed by atoms with van der Waals surface area (Å²) in [4.78, 5) is 12.0. The second-order valence-electron chi connectivity index (χ2n) is 5.57. The lowest BCUT2D eigenvalue weighted by atomic mass is 9.92. The molecule has 0 unspecified atom stereocenters. The van der Waals surface area contributed by atoms with E-state index in [0.29, 0.717) is 0 Å². The predicted molar refractivity (Wildman–Crippen MR) is 68.6 cm³/mol. The minimum absolute atomic E-state index is 0.408. The molecule has 0 aliphatic heterocycles. The minimum atomic E-state index is -1.11. The van der Waals surface area contributed by atoms with Crippen LogP contribution in [0.25, 0.3) is 0 Å². The third kappa shape index (κ3) is 3.56. The first-order valence-electron chi connectivity index (χ1n) is 5.72. The summed E-state index contributed by atoms with van der Waals surface area (Å²) in [7, 11) is 0. The van der Waals surface area contributed by atoms with Crippen molar-refractivity contribution in [3.8, 4) is 0 Å². The fourth-order valence-electron chi connectivity index (χ4n) is 1.40. The van der Waals surface area contributed by atoms with E-state index in [2.05, 4.69) is 0 Å². The number of aryl methyl sites for hydroxylation is 1. The van der Waals surface area contributed by atoms with E-state index < -0.39 is 17.1 Å². The fourth-order valence-corrected chi connectivity index (χ4v) is 1.40. The van der Waals surface area contributed by atoms with Crippen molar-refractivity contribution in [1.29, 1.82) is 0 Å². The number of esters is 1. The lowest BCUT2D eigenvalue weighted by Gasteiger charge is -2.28. The average Bonchev–Trinajstić information content (AvgIpc) is 2.15. The van der Waals surface area contributed by atoms with Crippen molar-refractivity contribution in [2.24, 2.45) is 5.73 Å². The van der Waals surface area contributed by atoms with Gasteiger partial charge in [0.2, 0.25) is 0 Å². The van der Waals surface area contributed by atoms with E-state index in [1.807, 2.05) is 52.0 Å². The first-order valence-corrected chi connectivity index (χ1v) is 5.72. The van der Waals surface area contributed by atoms with E-state index in [4.69, 9.17) is 10.5 Å². The van der Waals surface area contributed by atoms with E-state index in [9.17, 15) is 4.79 Å². The van der Waals surface area contributed by atoms with E-state index >= 15 is 0 Å². The lowest BCUT2D eigenvalue weighted by molar-refractivity contribution is -0.161. The van der Waals surface area contributed by atoms with Crippen LogP contribution in [0, 0.1) is 6.92 Å². The molecule has 3 heteroatoms. The molecule has 1 aromatic rings. The van der Waals surface area contributed by atoms with Crippen molar-refractivity contribution in [3.63, 3.8) is 0 Å². The first kappa shape index (κ1) is 13.7. The fraction of sp³-hybridized carbons (Fsp3) is 0.500. The maximum Gasteiger partial charge on any atom is 0.331 e. The predicted octanol–water partition coefficient (Wildman–Crippen LogP) is 2.51. The molecular weight excluding hydrogens is 214 g/mol. The van der Waals surface area contributed by atoms with Crippen LogP contribution in [0.2, 0.25) is 0 Å². The number of hydrogen-bond donors (Lipinski definition) is 1. The largest absolute Gasteiger partial charge is 0.458 e. The highest BCUT2D eigenvalue weighted by molar-refractivity contribution is 5.82. The number of hydrogen-bond acceptors (Lipinski definition) is 3. The van der Waals surface area contributed by atoms with Crippen molar-refractivity contribution >= 4 is 5.97 Å². The summed E-state index contributed by atoms with van der Waals surface area (Å²) in [6.45, 7) is 9.15. The Kier molecular flexibility index (Phi) is 3.62. The first-order chi connectivity index (χ1) is 7.63. The molecule has 17 heavy (non-hydrogen) atoms. The van der Waals surface area contributed by atoms with Crippen LogP contribution >= 0.6 is 0 Å². The van der Waals surface area contributed by atoms with Crippen LogP contribution < -0.4 is 5.73 Å². The van der Waals surface area contributed by atoms with E-state index in [0.717, 1.165) is 11.1 Å². The quantitative estimate of drug-likeness (QED) is 0.801. The topological polar surface area (TPSA) is 52.3 Å². The summed E-state index contributed by atoms with van der Waals surface area (Å²) < 4.78 is 5.32. The SMILES string of the molecule is Cc1ccc([C@](C)(N)C(=O)OC(C)(C)C)cc1. The normalized spacial score (nSPS) is 15.2. The van der Waals surface area contributed by atoms with Crippen LogP contribution in [0.4, 0.5) is 0 Å². The summed E-state index contributed by atoms with van der Waals surface area (Å²) in [5.41, 5.74) is 6.32. The smallest absolute Gasteiger partial charge is 0.331 e. The van der Waals surface area contributed by atoms with Crippen LogP contribution in [-0.2, 0) is 15.1 Å². The van der Waals surface area contributed by atoms with Crippen LogP contribution in [-0.4, -0.2) is 11.6 Å². The number of benzene rings is 1.